The van der Waals surface area contributed by atoms with Gasteiger partial charge in [0, 0.05) is 24.6 Å². The highest BCUT2D eigenvalue weighted by Gasteiger charge is 2.28. The number of piperidine rings is 1. The Bertz CT molecular complexity index is 874. The zero-order valence-corrected chi connectivity index (χ0v) is 17.6. The van der Waals surface area contributed by atoms with Crippen molar-refractivity contribution in [3.63, 3.8) is 0 Å². The molecule has 1 aliphatic rings. The Morgan fingerprint density at radius 1 is 1.17 bits per heavy atom. The van der Waals surface area contributed by atoms with Gasteiger partial charge in [0.2, 0.25) is 11.8 Å². The first-order valence-corrected chi connectivity index (χ1v) is 10.3. The number of carbonyl (C=O) groups is 2. The second-order valence-corrected chi connectivity index (χ2v) is 7.05. The molecule has 9 nitrogen and oxygen atoms in total. The summed E-state index contributed by atoms with van der Waals surface area (Å²) in [5, 5.41) is 6.53. The fraction of sp³-hybridized carbons (Fsp3) is 0.524. The average molecular weight is 416 g/mol. The number of carbonyl (C=O) groups excluding carboxylic acids is 2. The molecule has 0 saturated carbocycles. The van der Waals surface area contributed by atoms with Crippen LogP contribution in [0.1, 0.15) is 48.8 Å². The van der Waals surface area contributed by atoms with Crippen molar-refractivity contribution >= 4 is 11.8 Å². The maximum atomic E-state index is 12.9. The Balaban J connectivity index is 1.54. The Morgan fingerprint density at radius 3 is 2.50 bits per heavy atom. The van der Waals surface area contributed by atoms with Crippen LogP contribution in [0, 0.1) is 12.8 Å². The molecule has 1 aromatic carbocycles. The molecule has 1 saturated heterocycles. The van der Waals surface area contributed by atoms with Gasteiger partial charge in [-0.15, -0.1) is 0 Å². The van der Waals surface area contributed by atoms with Crippen molar-refractivity contribution in [2.24, 2.45) is 5.92 Å². The normalized spacial score (nSPS) is 14.4. The summed E-state index contributed by atoms with van der Waals surface area (Å²) in [6.45, 7) is 7.78. The lowest BCUT2D eigenvalue weighted by atomic mass is 9.95. The van der Waals surface area contributed by atoms with Crippen molar-refractivity contribution in [2.75, 3.05) is 26.3 Å². The molecule has 162 valence electrons. The lowest BCUT2D eigenvalue weighted by molar-refractivity contribution is -0.126. The Morgan fingerprint density at radius 2 is 1.87 bits per heavy atom. The number of nitrogens with zero attached hydrogens (tertiary/aromatic N) is 3. The number of amides is 2. The van der Waals surface area contributed by atoms with E-state index in [-0.39, 0.29) is 24.3 Å². The van der Waals surface area contributed by atoms with Crippen molar-refractivity contribution in [2.45, 2.75) is 40.2 Å². The van der Waals surface area contributed by atoms with Gasteiger partial charge in [0.15, 0.2) is 17.3 Å². The second-order valence-electron chi connectivity index (χ2n) is 7.05. The molecule has 1 aromatic heterocycles. The van der Waals surface area contributed by atoms with Gasteiger partial charge in [-0.05, 0) is 51.8 Å². The van der Waals surface area contributed by atoms with E-state index in [4.69, 9.17) is 14.0 Å². The number of benzene rings is 1. The summed E-state index contributed by atoms with van der Waals surface area (Å²) in [5.74, 6) is 1.84. The molecule has 0 atom stereocenters. The van der Waals surface area contributed by atoms with Gasteiger partial charge in [-0.3, -0.25) is 9.59 Å². The number of aryl methyl sites for hydroxylation is 1. The van der Waals surface area contributed by atoms with Gasteiger partial charge in [-0.25, -0.2) is 0 Å². The van der Waals surface area contributed by atoms with Crippen LogP contribution in [0.15, 0.2) is 22.7 Å². The molecular weight excluding hydrogens is 388 g/mol. The molecule has 30 heavy (non-hydrogen) atoms. The summed E-state index contributed by atoms with van der Waals surface area (Å²) in [6.07, 6.45) is 1.21. The molecule has 3 rings (SSSR count). The largest absolute Gasteiger partial charge is 0.490 e. The van der Waals surface area contributed by atoms with Gasteiger partial charge in [-0.1, -0.05) is 5.16 Å². The number of nitrogens with one attached hydrogen (secondary N) is 1. The number of hydrogen-bond acceptors (Lipinski definition) is 7. The minimum absolute atomic E-state index is 0.0577. The molecular formula is C21H28N4O5. The first-order chi connectivity index (χ1) is 14.5. The lowest BCUT2D eigenvalue weighted by Crippen LogP contribution is -2.43. The van der Waals surface area contributed by atoms with Gasteiger partial charge in [0.1, 0.15) is 0 Å². The molecule has 2 amide bonds. The zero-order valence-electron chi connectivity index (χ0n) is 17.6. The third kappa shape index (κ3) is 5.28. The van der Waals surface area contributed by atoms with Crippen LogP contribution in [0.4, 0.5) is 0 Å². The Hall–Kier alpha value is -3.10. The fourth-order valence-corrected chi connectivity index (χ4v) is 3.43. The number of rotatable bonds is 8. The van der Waals surface area contributed by atoms with Gasteiger partial charge < -0.3 is 24.2 Å². The summed E-state index contributed by atoms with van der Waals surface area (Å²) in [7, 11) is 0. The smallest absolute Gasteiger partial charge is 0.253 e. The molecule has 0 bridgehead atoms. The highest BCUT2D eigenvalue weighted by molar-refractivity contribution is 5.95. The van der Waals surface area contributed by atoms with E-state index >= 15 is 0 Å². The quantitative estimate of drug-likeness (QED) is 0.704. The second kappa shape index (κ2) is 10.1. The topological polar surface area (TPSA) is 107 Å². The van der Waals surface area contributed by atoms with Crippen LogP contribution in [0.3, 0.4) is 0 Å². The van der Waals surface area contributed by atoms with Crippen molar-refractivity contribution in [3.05, 3.63) is 35.5 Å². The summed E-state index contributed by atoms with van der Waals surface area (Å²) in [4.78, 5) is 31.2. The average Bonchev–Trinajstić information content (AvgIpc) is 3.18. The summed E-state index contributed by atoms with van der Waals surface area (Å²) in [5.41, 5.74) is 0.552. The molecule has 9 heteroatoms. The first-order valence-electron chi connectivity index (χ1n) is 10.3. The van der Waals surface area contributed by atoms with Crippen LogP contribution in [-0.2, 0) is 11.3 Å². The van der Waals surface area contributed by atoms with E-state index in [1.165, 1.54) is 0 Å². The molecule has 2 aromatic rings. The third-order valence-corrected chi connectivity index (χ3v) is 4.93. The SMILES string of the molecule is CCOc1ccc(C(=O)N2CCC(C(=O)NCc3nc(C)no3)CC2)cc1OCC. The summed E-state index contributed by atoms with van der Waals surface area (Å²) in [6, 6.07) is 5.24. The van der Waals surface area contributed by atoms with E-state index in [1.54, 1.807) is 30.0 Å². The molecule has 1 N–H and O–H groups in total. The van der Waals surface area contributed by atoms with Crippen molar-refractivity contribution in [3.8, 4) is 11.5 Å². The maximum Gasteiger partial charge on any atom is 0.253 e. The molecule has 0 spiro atoms. The molecule has 0 radical (unpaired) electrons. The van der Waals surface area contributed by atoms with Crippen LogP contribution in [0.2, 0.25) is 0 Å². The van der Waals surface area contributed by atoms with E-state index in [9.17, 15) is 9.59 Å². The van der Waals surface area contributed by atoms with Crippen molar-refractivity contribution in [1.29, 1.82) is 0 Å². The lowest BCUT2D eigenvalue weighted by Gasteiger charge is -2.31. The molecule has 1 fully saturated rings. The van der Waals surface area contributed by atoms with Crippen LogP contribution >= 0.6 is 0 Å². The molecule has 1 aliphatic heterocycles. The fourth-order valence-electron chi connectivity index (χ4n) is 3.43. The number of aromatic nitrogens is 2. The predicted octanol–water partition coefficient (Wildman–Crippen LogP) is 2.34. The number of hydrogen-bond donors (Lipinski definition) is 1. The van der Waals surface area contributed by atoms with E-state index in [0.29, 0.717) is 67.9 Å². The van der Waals surface area contributed by atoms with Gasteiger partial charge in [-0.2, -0.15) is 4.98 Å². The van der Waals surface area contributed by atoms with Gasteiger partial charge >= 0.3 is 0 Å². The van der Waals surface area contributed by atoms with E-state index in [1.807, 2.05) is 13.8 Å². The third-order valence-electron chi connectivity index (χ3n) is 4.93. The zero-order chi connectivity index (χ0) is 21.5. The highest BCUT2D eigenvalue weighted by atomic mass is 16.5. The van der Waals surface area contributed by atoms with Gasteiger partial charge in [0.05, 0.1) is 19.8 Å². The predicted molar refractivity (Wildman–Crippen MR) is 108 cm³/mol. The van der Waals surface area contributed by atoms with E-state index < -0.39 is 0 Å². The molecule has 0 unspecified atom stereocenters. The molecule has 0 aliphatic carbocycles. The minimum Gasteiger partial charge on any atom is -0.490 e. The summed E-state index contributed by atoms with van der Waals surface area (Å²) >= 11 is 0. The minimum atomic E-state index is -0.141. The summed E-state index contributed by atoms with van der Waals surface area (Å²) < 4.78 is 16.2. The van der Waals surface area contributed by atoms with Crippen LogP contribution < -0.4 is 14.8 Å². The number of likely N-dealkylation sites (tertiary alicyclic amines) is 1. The van der Waals surface area contributed by atoms with Crippen LogP contribution in [-0.4, -0.2) is 53.2 Å². The first kappa shape index (κ1) is 21.6. The van der Waals surface area contributed by atoms with Crippen molar-refractivity contribution in [1.82, 2.24) is 20.4 Å². The highest BCUT2D eigenvalue weighted by Crippen LogP contribution is 2.29. The van der Waals surface area contributed by atoms with Crippen LogP contribution in [0.5, 0.6) is 11.5 Å². The van der Waals surface area contributed by atoms with Crippen molar-refractivity contribution < 1.29 is 23.6 Å². The monoisotopic (exact) mass is 416 g/mol. The van der Waals surface area contributed by atoms with E-state index in [0.717, 1.165) is 0 Å². The maximum absolute atomic E-state index is 12.9. The standard InChI is InChI=1S/C21H28N4O5/c1-4-28-17-7-6-16(12-18(17)29-5-2)21(27)25-10-8-15(9-11-25)20(26)22-13-19-23-14(3)24-30-19/h6-7,12,15H,4-5,8-11,13H2,1-3H3,(H,22,26). The number of ether oxygens (including phenoxy) is 2. The van der Waals surface area contributed by atoms with Gasteiger partial charge in [0.25, 0.3) is 5.91 Å². The molecule has 2 heterocycles. The Kier molecular flexibility index (Phi) is 7.26. The Labute approximate surface area is 175 Å². The van der Waals surface area contributed by atoms with E-state index in [2.05, 4.69) is 15.5 Å². The van der Waals surface area contributed by atoms with Crippen LogP contribution in [0.25, 0.3) is 0 Å².